The van der Waals surface area contributed by atoms with Crippen molar-refractivity contribution in [2.75, 3.05) is 19.0 Å². The topological polar surface area (TPSA) is 29.5 Å². The number of nitrogens with zero attached hydrogens (tertiary/aromatic N) is 1. The van der Waals surface area contributed by atoms with Gasteiger partial charge in [-0.15, -0.1) is 11.6 Å². The minimum atomic E-state index is -0.282. The number of carbonyl (C=O) groups excluding carboxylic acids is 1. The Morgan fingerprint density at radius 3 is 2.53 bits per heavy atom. The van der Waals surface area contributed by atoms with Crippen molar-refractivity contribution < 1.29 is 9.53 Å². The molecule has 1 atom stereocenters. The molecule has 0 radical (unpaired) electrons. The smallest absolute Gasteiger partial charge is 0.225 e. The second-order valence-electron chi connectivity index (χ2n) is 6.83. The molecule has 0 aromatic carbocycles. The molecule has 1 unspecified atom stereocenters. The van der Waals surface area contributed by atoms with Gasteiger partial charge in [0.05, 0.1) is 17.6 Å². The molecular weight excluding hydrogens is 262 g/mol. The van der Waals surface area contributed by atoms with Crippen LogP contribution in [0, 0.1) is 11.8 Å². The Morgan fingerprint density at radius 2 is 1.95 bits per heavy atom. The predicted octanol–water partition coefficient (Wildman–Crippen LogP) is 3.06. The third kappa shape index (κ3) is 3.85. The molecule has 19 heavy (non-hydrogen) atoms. The van der Waals surface area contributed by atoms with E-state index in [-0.39, 0.29) is 17.6 Å². The first-order chi connectivity index (χ1) is 8.91. The van der Waals surface area contributed by atoms with Crippen LogP contribution in [0.5, 0.6) is 0 Å². The summed E-state index contributed by atoms with van der Waals surface area (Å²) in [5.74, 6) is 1.77. The highest BCUT2D eigenvalue weighted by Crippen LogP contribution is 2.31. The van der Waals surface area contributed by atoms with Gasteiger partial charge in [-0.3, -0.25) is 4.79 Å². The first-order valence-corrected chi connectivity index (χ1v) is 7.97. The zero-order valence-corrected chi connectivity index (χ0v) is 13.1. The van der Waals surface area contributed by atoms with Crippen molar-refractivity contribution in [3.8, 4) is 0 Å². The number of halogens is 1. The van der Waals surface area contributed by atoms with Crippen LogP contribution in [0.2, 0.25) is 0 Å². The van der Waals surface area contributed by atoms with Crippen LogP contribution < -0.4 is 0 Å². The minimum absolute atomic E-state index is 0.0307. The van der Waals surface area contributed by atoms with Crippen LogP contribution in [-0.2, 0) is 9.53 Å². The molecule has 110 valence electrons. The molecule has 2 rings (SSSR count). The maximum atomic E-state index is 12.6. The molecule has 0 N–H and O–H groups in total. The van der Waals surface area contributed by atoms with Crippen molar-refractivity contribution in [3.63, 3.8) is 0 Å². The van der Waals surface area contributed by atoms with E-state index in [1.54, 1.807) is 0 Å². The van der Waals surface area contributed by atoms with E-state index in [0.717, 1.165) is 18.8 Å². The lowest BCUT2D eigenvalue weighted by Gasteiger charge is -2.43. The van der Waals surface area contributed by atoms with Gasteiger partial charge in [0.2, 0.25) is 5.91 Å². The molecule has 2 fully saturated rings. The van der Waals surface area contributed by atoms with Crippen molar-refractivity contribution in [1.29, 1.82) is 0 Å². The Hall–Kier alpha value is -0.280. The van der Waals surface area contributed by atoms with Crippen LogP contribution in [0.4, 0.5) is 0 Å². The van der Waals surface area contributed by atoms with Gasteiger partial charge in [-0.1, -0.05) is 6.92 Å². The molecule has 1 aliphatic carbocycles. The van der Waals surface area contributed by atoms with Gasteiger partial charge in [-0.05, 0) is 45.4 Å². The van der Waals surface area contributed by atoms with Crippen molar-refractivity contribution in [1.82, 2.24) is 4.90 Å². The molecule has 1 saturated heterocycles. The number of rotatable bonds is 2. The normalized spacial score (nSPS) is 35.2. The summed E-state index contributed by atoms with van der Waals surface area (Å²) in [6.45, 7) is 7.69. The van der Waals surface area contributed by atoms with Crippen LogP contribution in [0.1, 0.15) is 46.5 Å². The Bertz CT molecular complexity index is 324. The fourth-order valence-corrected chi connectivity index (χ4v) is 3.47. The molecule has 3 nitrogen and oxygen atoms in total. The van der Waals surface area contributed by atoms with E-state index >= 15 is 0 Å². The second kappa shape index (κ2) is 6.01. The van der Waals surface area contributed by atoms with Gasteiger partial charge in [0.15, 0.2) is 0 Å². The van der Waals surface area contributed by atoms with Crippen LogP contribution in [0.15, 0.2) is 0 Å². The molecule has 4 heteroatoms. The summed E-state index contributed by atoms with van der Waals surface area (Å²) < 4.78 is 5.88. The Balaban J connectivity index is 1.98. The molecule has 2 aliphatic rings. The van der Waals surface area contributed by atoms with Gasteiger partial charge >= 0.3 is 0 Å². The first kappa shape index (κ1) is 15.1. The maximum Gasteiger partial charge on any atom is 0.225 e. The molecule has 1 aliphatic heterocycles. The van der Waals surface area contributed by atoms with Gasteiger partial charge in [0, 0.05) is 19.0 Å². The Labute approximate surface area is 121 Å². The quantitative estimate of drug-likeness (QED) is 0.731. The SMILES string of the molecule is CC1CCC(C(=O)N2CC(CCl)OC(C)(C)C2)CC1. The molecule has 1 saturated carbocycles. The molecular formula is C15H26ClNO2. The summed E-state index contributed by atoms with van der Waals surface area (Å²) in [5.41, 5.74) is -0.282. The largest absolute Gasteiger partial charge is 0.367 e. The van der Waals surface area contributed by atoms with Gasteiger partial charge in [-0.25, -0.2) is 0 Å². The van der Waals surface area contributed by atoms with Gasteiger partial charge in [-0.2, -0.15) is 0 Å². The highest BCUT2D eigenvalue weighted by molar-refractivity contribution is 6.18. The Kier molecular flexibility index (Phi) is 4.78. The number of amides is 1. The summed E-state index contributed by atoms with van der Waals surface area (Å²) in [6.07, 6.45) is 4.43. The minimum Gasteiger partial charge on any atom is -0.367 e. The van der Waals surface area contributed by atoms with E-state index in [0.29, 0.717) is 24.9 Å². The molecule has 0 bridgehead atoms. The first-order valence-electron chi connectivity index (χ1n) is 7.44. The molecule has 0 spiro atoms. The van der Waals surface area contributed by atoms with Crippen LogP contribution in [0.25, 0.3) is 0 Å². The summed E-state index contributed by atoms with van der Waals surface area (Å²) in [5, 5.41) is 0. The van der Waals surface area contributed by atoms with E-state index in [2.05, 4.69) is 6.92 Å². The van der Waals surface area contributed by atoms with Crippen molar-refractivity contribution >= 4 is 17.5 Å². The molecule has 1 amide bonds. The number of morpholine rings is 1. The summed E-state index contributed by atoms with van der Waals surface area (Å²) >= 11 is 5.92. The Morgan fingerprint density at radius 1 is 1.32 bits per heavy atom. The van der Waals surface area contributed by atoms with E-state index in [4.69, 9.17) is 16.3 Å². The lowest BCUT2D eigenvalue weighted by atomic mass is 9.82. The lowest BCUT2D eigenvalue weighted by molar-refractivity contribution is -0.162. The predicted molar refractivity (Wildman–Crippen MR) is 77.4 cm³/mol. The third-order valence-electron chi connectivity index (χ3n) is 4.33. The highest BCUT2D eigenvalue weighted by Gasteiger charge is 2.37. The molecule has 1 heterocycles. The van der Waals surface area contributed by atoms with E-state index in [9.17, 15) is 4.79 Å². The summed E-state index contributed by atoms with van der Waals surface area (Å²) in [6, 6.07) is 0. The maximum absolute atomic E-state index is 12.6. The van der Waals surface area contributed by atoms with E-state index in [1.165, 1.54) is 12.8 Å². The highest BCUT2D eigenvalue weighted by atomic mass is 35.5. The average molecular weight is 288 g/mol. The van der Waals surface area contributed by atoms with Gasteiger partial charge < -0.3 is 9.64 Å². The summed E-state index contributed by atoms with van der Waals surface area (Å²) in [4.78, 5) is 14.6. The third-order valence-corrected chi connectivity index (χ3v) is 4.67. The zero-order chi connectivity index (χ0) is 14.0. The molecule has 0 aromatic rings. The van der Waals surface area contributed by atoms with Crippen molar-refractivity contribution in [2.45, 2.75) is 58.2 Å². The summed E-state index contributed by atoms with van der Waals surface area (Å²) in [7, 11) is 0. The number of carbonyl (C=O) groups is 1. The monoisotopic (exact) mass is 287 g/mol. The average Bonchev–Trinajstić information content (AvgIpc) is 2.37. The van der Waals surface area contributed by atoms with Crippen LogP contribution in [0.3, 0.4) is 0 Å². The van der Waals surface area contributed by atoms with Crippen molar-refractivity contribution in [3.05, 3.63) is 0 Å². The van der Waals surface area contributed by atoms with Crippen molar-refractivity contribution in [2.24, 2.45) is 11.8 Å². The standard InChI is InChI=1S/C15H26ClNO2/c1-11-4-6-12(7-5-11)14(18)17-9-13(8-16)19-15(2,3)10-17/h11-13H,4-10H2,1-3H3. The second-order valence-corrected chi connectivity index (χ2v) is 7.14. The molecule has 0 aromatic heterocycles. The van der Waals surface area contributed by atoms with Gasteiger partial charge in [0.1, 0.15) is 0 Å². The fourth-order valence-electron chi connectivity index (χ4n) is 3.31. The number of ether oxygens (including phenoxy) is 1. The van der Waals surface area contributed by atoms with E-state index < -0.39 is 0 Å². The number of alkyl halides is 1. The number of hydrogen-bond acceptors (Lipinski definition) is 2. The van der Waals surface area contributed by atoms with Crippen LogP contribution in [-0.4, -0.2) is 41.5 Å². The fraction of sp³-hybridized carbons (Fsp3) is 0.933. The zero-order valence-electron chi connectivity index (χ0n) is 12.3. The van der Waals surface area contributed by atoms with Crippen LogP contribution >= 0.6 is 11.6 Å². The number of hydrogen-bond donors (Lipinski definition) is 0. The van der Waals surface area contributed by atoms with E-state index in [1.807, 2.05) is 18.7 Å². The van der Waals surface area contributed by atoms with Gasteiger partial charge in [0.25, 0.3) is 0 Å². The lowest BCUT2D eigenvalue weighted by Crippen LogP contribution is -2.56.